The van der Waals surface area contributed by atoms with E-state index < -0.39 is 11.0 Å². The van der Waals surface area contributed by atoms with Gasteiger partial charge in [0.05, 0.1) is 6.61 Å². The van der Waals surface area contributed by atoms with E-state index in [-0.39, 0.29) is 11.7 Å². The van der Waals surface area contributed by atoms with Gasteiger partial charge in [-0.15, -0.1) is 0 Å². The van der Waals surface area contributed by atoms with Gasteiger partial charge in [-0.2, -0.15) is 0 Å². The van der Waals surface area contributed by atoms with E-state index in [2.05, 4.69) is 0 Å². The molecule has 1 saturated heterocycles. The zero-order valence-electron chi connectivity index (χ0n) is 12.2. The van der Waals surface area contributed by atoms with Crippen molar-refractivity contribution in [2.45, 2.75) is 63.8 Å². The van der Waals surface area contributed by atoms with E-state index in [0.717, 1.165) is 32.1 Å². The summed E-state index contributed by atoms with van der Waals surface area (Å²) in [6, 6.07) is 0. The molecule has 20 heavy (non-hydrogen) atoms. The quantitative estimate of drug-likeness (QED) is 0.576. The third kappa shape index (κ3) is 1.70. The fourth-order valence-corrected chi connectivity index (χ4v) is 4.09. The highest BCUT2D eigenvalue weighted by atomic mass is 16.7. The number of rotatable bonds is 2. The molecule has 0 N–H and O–H groups in total. The van der Waals surface area contributed by atoms with Crippen LogP contribution in [-0.4, -0.2) is 28.9 Å². The maximum Gasteiger partial charge on any atom is 0.261 e. The molecule has 0 unspecified atom stereocenters. The van der Waals surface area contributed by atoms with Crippen molar-refractivity contribution in [1.82, 2.24) is 5.06 Å². The Hall–Kier alpha value is -1.16. The van der Waals surface area contributed by atoms with Crippen LogP contribution in [0.1, 0.15) is 58.3 Å². The van der Waals surface area contributed by atoms with E-state index in [0.29, 0.717) is 25.9 Å². The molecule has 2 aliphatic carbocycles. The molecule has 0 aromatic heterocycles. The Labute approximate surface area is 120 Å². The highest BCUT2D eigenvalue weighted by Gasteiger charge is 2.66. The fraction of sp³-hybridized carbons (Fsp3) is 0.750. The predicted octanol–water partition coefficient (Wildman–Crippen LogP) is 2.78. The summed E-state index contributed by atoms with van der Waals surface area (Å²) in [7, 11) is 0. The molecule has 0 radical (unpaired) electrons. The number of Topliss-reactive ketones (excluding diaryl/α,β-unsaturated/α-hetero) is 1. The lowest BCUT2D eigenvalue weighted by atomic mass is 9.67. The third-order valence-electron chi connectivity index (χ3n) is 5.07. The molecule has 2 fully saturated rings. The van der Waals surface area contributed by atoms with E-state index in [1.165, 1.54) is 5.06 Å². The largest absolute Gasteiger partial charge is 0.295 e. The number of hydrogen-bond acceptors (Lipinski definition) is 3. The number of carbonyl (C=O) groups excluding carboxylic acids is 2. The van der Waals surface area contributed by atoms with Gasteiger partial charge >= 0.3 is 0 Å². The summed E-state index contributed by atoms with van der Waals surface area (Å²) in [5.41, 5.74) is -1.61. The average molecular weight is 277 g/mol. The van der Waals surface area contributed by atoms with Crippen molar-refractivity contribution in [3.63, 3.8) is 0 Å². The summed E-state index contributed by atoms with van der Waals surface area (Å²) < 4.78 is 0. The van der Waals surface area contributed by atoms with E-state index in [9.17, 15) is 9.59 Å². The van der Waals surface area contributed by atoms with Crippen molar-refractivity contribution in [2.24, 2.45) is 5.41 Å². The Morgan fingerprint density at radius 2 is 1.90 bits per heavy atom. The smallest absolute Gasteiger partial charge is 0.261 e. The second-order valence-electron chi connectivity index (χ2n) is 6.21. The first kappa shape index (κ1) is 13.8. The summed E-state index contributed by atoms with van der Waals surface area (Å²) in [5.74, 6) is 0.00898. The van der Waals surface area contributed by atoms with Gasteiger partial charge in [-0.05, 0) is 39.0 Å². The minimum Gasteiger partial charge on any atom is -0.295 e. The normalized spacial score (nSPS) is 32.5. The number of hydrogen-bond donors (Lipinski definition) is 0. The van der Waals surface area contributed by atoms with Crippen LogP contribution in [0.15, 0.2) is 12.2 Å². The molecule has 1 heterocycles. The van der Waals surface area contributed by atoms with Crippen LogP contribution in [0.5, 0.6) is 0 Å². The van der Waals surface area contributed by atoms with Crippen molar-refractivity contribution in [3.05, 3.63) is 12.2 Å². The predicted molar refractivity (Wildman–Crippen MR) is 74.7 cm³/mol. The lowest BCUT2D eigenvalue weighted by Gasteiger charge is -2.35. The average Bonchev–Trinajstić information content (AvgIpc) is 2.65. The van der Waals surface area contributed by atoms with Crippen molar-refractivity contribution >= 4 is 11.7 Å². The zero-order chi connectivity index (χ0) is 14.2. The molecule has 3 rings (SSSR count). The number of carbonyl (C=O) groups is 2. The number of allylic oxidation sites excluding steroid dienone is 1. The molecule has 4 heteroatoms. The molecule has 1 saturated carbocycles. The molecule has 0 aromatic carbocycles. The molecule has 0 aromatic rings. The van der Waals surface area contributed by atoms with E-state index in [4.69, 9.17) is 4.84 Å². The molecular formula is C16H23NO3. The van der Waals surface area contributed by atoms with Crippen LogP contribution < -0.4 is 0 Å². The summed E-state index contributed by atoms with van der Waals surface area (Å²) in [4.78, 5) is 31.7. The second kappa shape index (κ2) is 4.99. The molecule has 110 valence electrons. The van der Waals surface area contributed by atoms with Gasteiger partial charge in [0.2, 0.25) is 0 Å². The van der Waals surface area contributed by atoms with Crippen LogP contribution in [0.3, 0.4) is 0 Å². The summed E-state index contributed by atoms with van der Waals surface area (Å²) in [5, 5.41) is 1.43. The van der Waals surface area contributed by atoms with Crippen LogP contribution in [0.4, 0.5) is 0 Å². The summed E-state index contributed by atoms with van der Waals surface area (Å²) >= 11 is 0. The highest BCUT2D eigenvalue weighted by molar-refractivity contribution is 6.17. The molecule has 1 amide bonds. The Morgan fingerprint density at radius 3 is 2.50 bits per heavy atom. The van der Waals surface area contributed by atoms with Crippen LogP contribution in [0.2, 0.25) is 0 Å². The molecule has 1 aliphatic heterocycles. The number of hydroxylamine groups is 2. The standard InChI is InChI=1S/C16H23NO3/c1-2-20-17-14(19)15(9-5-3-6-10-15)13(18)16(17)11-7-4-8-12-16/h7,11H,2-6,8-10,12H2,1H3/t16-/m0/s1. The maximum absolute atomic E-state index is 13.2. The lowest BCUT2D eigenvalue weighted by molar-refractivity contribution is -0.203. The van der Waals surface area contributed by atoms with Crippen molar-refractivity contribution in [2.75, 3.05) is 6.61 Å². The first-order valence-corrected chi connectivity index (χ1v) is 7.87. The molecule has 0 bridgehead atoms. The van der Waals surface area contributed by atoms with Crippen LogP contribution >= 0.6 is 0 Å². The second-order valence-corrected chi connectivity index (χ2v) is 6.21. The van der Waals surface area contributed by atoms with Gasteiger partial charge in [-0.3, -0.25) is 14.4 Å². The Balaban J connectivity index is 2.04. The molecular weight excluding hydrogens is 254 g/mol. The SMILES string of the molecule is CCON1C(=O)C2(CCCCC2)C(=O)[C@@]12C=CCCC2. The van der Waals surface area contributed by atoms with Crippen LogP contribution in [0, 0.1) is 5.41 Å². The van der Waals surface area contributed by atoms with Gasteiger partial charge in [-0.25, -0.2) is 5.06 Å². The van der Waals surface area contributed by atoms with Crippen molar-refractivity contribution in [3.8, 4) is 0 Å². The van der Waals surface area contributed by atoms with E-state index in [1.54, 1.807) is 0 Å². The summed E-state index contributed by atoms with van der Waals surface area (Å²) in [6.07, 6.45) is 11.0. The maximum atomic E-state index is 13.2. The van der Waals surface area contributed by atoms with Gasteiger partial charge < -0.3 is 0 Å². The Bertz CT molecular complexity index is 451. The first-order chi connectivity index (χ1) is 9.67. The number of ketones is 1. The van der Waals surface area contributed by atoms with Crippen molar-refractivity contribution in [1.29, 1.82) is 0 Å². The molecule has 1 atom stereocenters. The van der Waals surface area contributed by atoms with E-state index >= 15 is 0 Å². The third-order valence-corrected chi connectivity index (χ3v) is 5.07. The van der Waals surface area contributed by atoms with Crippen LogP contribution in [-0.2, 0) is 14.4 Å². The number of amides is 1. The minimum atomic E-state index is -0.817. The Morgan fingerprint density at radius 1 is 1.15 bits per heavy atom. The van der Waals surface area contributed by atoms with Gasteiger partial charge in [-0.1, -0.05) is 31.4 Å². The highest BCUT2D eigenvalue weighted by Crippen LogP contribution is 2.51. The van der Waals surface area contributed by atoms with Gasteiger partial charge in [0, 0.05) is 0 Å². The monoisotopic (exact) mass is 277 g/mol. The first-order valence-electron chi connectivity index (χ1n) is 7.87. The molecule has 4 nitrogen and oxygen atoms in total. The number of nitrogens with zero attached hydrogens (tertiary/aromatic N) is 1. The van der Waals surface area contributed by atoms with E-state index in [1.807, 2.05) is 19.1 Å². The topological polar surface area (TPSA) is 46.6 Å². The fourth-order valence-electron chi connectivity index (χ4n) is 4.09. The zero-order valence-corrected chi connectivity index (χ0v) is 12.2. The minimum absolute atomic E-state index is 0.0874. The van der Waals surface area contributed by atoms with Crippen molar-refractivity contribution < 1.29 is 14.4 Å². The summed E-state index contributed by atoms with van der Waals surface area (Å²) in [6.45, 7) is 2.29. The van der Waals surface area contributed by atoms with Crippen LogP contribution in [0.25, 0.3) is 0 Å². The molecule has 3 aliphatic rings. The van der Waals surface area contributed by atoms with Gasteiger partial charge in [0.25, 0.3) is 5.91 Å². The Kier molecular flexibility index (Phi) is 3.44. The lowest BCUT2D eigenvalue weighted by Crippen LogP contribution is -2.49. The molecule has 2 spiro atoms. The van der Waals surface area contributed by atoms with Gasteiger partial charge in [0.1, 0.15) is 11.0 Å². The van der Waals surface area contributed by atoms with Gasteiger partial charge in [0.15, 0.2) is 5.78 Å².